The van der Waals surface area contributed by atoms with Gasteiger partial charge in [0.25, 0.3) is 0 Å². The van der Waals surface area contributed by atoms with E-state index >= 15 is 0 Å². The highest BCUT2D eigenvalue weighted by atomic mass is 16.5. The predicted molar refractivity (Wildman–Crippen MR) is 101 cm³/mol. The first kappa shape index (κ1) is 16.8. The minimum Gasteiger partial charge on any atom is -0.497 e. The molecule has 1 aromatic heterocycles. The number of allylic oxidation sites excluding steroid dienone is 4. The van der Waals surface area contributed by atoms with Gasteiger partial charge in [-0.1, -0.05) is 13.0 Å². The van der Waals surface area contributed by atoms with Crippen LogP contribution in [0.2, 0.25) is 0 Å². The second kappa shape index (κ2) is 6.90. The second-order valence-electron chi connectivity index (χ2n) is 6.74. The largest absolute Gasteiger partial charge is 0.497 e. The quantitative estimate of drug-likeness (QED) is 0.843. The van der Waals surface area contributed by atoms with Crippen molar-refractivity contribution in [1.29, 1.82) is 0 Å². The predicted octanol–water partition coefficient (Wildman–Crippen LogP) is 3.04. The molecule has 1 aliphatic carbocycles. The third kappa shape index (κ3) is 2.87. The summed E-state index contributed by atoms with van der Waals surface area (Å²) in [6.45, 7) is 2.97. The average molecular weight is 349 g/mol. The van der Waals surface area contributed by atoms with E-state index in [-0.39, 0.29) is 18.4 Å². The number of nitrogens with zero attached hydrogens (tertiary/aromatic N) is 3. The molecule has 1 unspecified atom stereocenters. The standard InChI is InChI=1S/C21H23N3O2/c1-3-15-11-14(7-9-22-15)18-12-19-16-5-4-6-20(26-2)17(16)8-10-24(19)21(25)13-23-18/h4,6-7,9,11-12,16H,3,5,8,10,13H2,1-2H3. The van der Waals surface area contributed by atoms with Crippen LogP contribution in [-0.2, 0) is 16.0 Å². The molecular formula is C21H23N3O2. The lowest BCUT2D eigenvalue weighted by Crippen LogP contribution is -2.40. The van der Waals surface area contributed by atoms with Crippen molar-refractivity contribution in [1.82, 2.24) is 9.88 Å². The number of hydrogen-bond acceptors (Lipinski definition) is 4. The van der Waals surface area contributed by atoms with Gasteiger partial charge in [-0.05, 0) is 49.1 Å². The van der Waals surface area contributed by atoms with Crippen LogP contribution >= 0.6 is 0 Å². The van der Waals surface area contributed by atoms with Crippen molar-refractivity contribution in [3.05, 3.63) is 64.8 Å². The molecule has 1 amide bonds. The van der Waals surface area contributed by atoms with Gasteiger partial charge in [0, 0.05) is 35.6 Å². The van der Waals surface area contributed by atoms with E-state index in [4.69, 9.17) is 4.74 Å². The van der Waals surface area contributed by atoms with Crippen LogP contribution in [0.15, 0.2) is 58.6 Å². The molecule has 4 rings (SSSR count). The molecule has 5 heteroatoms. The first-order valence-corrected chi connectivity index (χ1v) is 9.16. The monoisotopic (exact) mass is 349 g/mol. The fourth-order valence-corrected chi connectivity index (χ4v) is 3.95. The van der Waals surface area contributed by atoms with Crippen molar-refractivity contribution >= 4 is 11.6 Å². The van der Waals surface area contributed by atoms with Gasteiger partial charge in [0.1, 0.15) is 12.3 Å². The maximum absolute atomic E-state index is 12.7. The van der Waals surface area contributed by atoms with Crippen LogP contribution in [0, 0.1) is 5.92 Å². The molecule has 0 aromatic carbocycles. The number of fused-ring (bicyclic) bond motifs is 3. The number of ether oxygens (including phenoxy) is 1. The maximum Gasteiger partial charge on any atom is 0.248 e. The number of carbonyl (C=O) groups excluding carboxylic acids is 1. The molecular weight excluding hydrogens is 326 g/mol. The Labute approximate surface area is 153 Å². The Kier molecular flexibility index (Phi) is 4.45. The van der Waals surface area contributed by atoms with Crippen LogP contribution < -0.4 is 0 Å². The summed E-state index contributed by atoms with van der Waals surface area (Å²) in [7, 11) is 1.71. The lowest BCUT2D eigenvalue weighted by Gasteiger charge is -2.38. The normalized spacial score (nSPS) is 22.3. The summed E-state index contributed by atoms with van der Waals surface area (Å²) in [5, 5.41) is 0. The number of aryl methyl sites for hydroxylation is 1. The Morgan fingerprint density at radius 1 is 1.38 bits per heavy atom. The van der Waals surface area contributed by atoms with Crippen LogP contribution in [0.4, 0.5) is 0 Å². The minimum atomic E-state index is 0.0728. The molecule has 0 bridgehead atoms. The number of rotatable bonds is 3. The van der Waals surface area contributed by atoms with Crippen LogP contribution in [0.1, 0.15) is 31.0 Å². The van der Waals surface area contributed by atoms with Crippen LogP contribution in [-0.4, -0.2) is 41.7 Å². The zero-order valence-corrected chi connectivity index (χ0v) is 15.2. The Hall–Kier alpha value is -2.69. The van der Waals surface area contributed by atoms with Gasteiger partial charge < -0.3 is 9.64 Å². The van der Waals surface area contributed by atoms with E-state index in [2.05, 4.69) is 35.1 Å². The highest BCUT2D eigenvalue weighted by molar-refractivity contribution is 6.10. The third-order valence-electron chi connectivity index (χ3n) is 5.32. The van der Waals surface area contributed by atoms with E-state index in [9.17, 15) is 4.79 Å². The van der Waals surface area contributed by atoms with Crippen molar-refractivity contribution < 1.29 is 9.53 Å². The minimum absolute atomic E-state index is 0.0728. The second-order valence-corrected chi connectivity index (χ2v) is 6.74. The zero-order valence-electron chi connectivity index (χ0n) is 15.2. The van der Waals surface area contributed by atoms with E-state index in [1.165, 1.54) is 5.57 Å². The van der Waals surface area contributed by atoms with Gasteiger partial charge in [-0.15, -0.1) is 0 Å². The molecule has 1 saturated heterocycles. The van der Waals surface area contributed by atoms with Gasteiger partial charge >= 0.3 is 0 Å². The highest BCUT2D eigenvalue weighted by Gasteiger charge is 2.36. The molecule has 0 N–H and O–H groups in total. The highest BCUT2D eigenvalue weighted by Crippen LogP contribution is 2.40. The number of carbonyl (C=O) groups is 1. The molecule has 1 atom stereocenters. The summed E-state index contributed by atoms with van der Waals surface area (Å²) in [4.78, 5) is 23.6. The molecule has 0 spiro atoms. The van der Waals surface area contributed by atoms with E-state index in [0.717, 1.165) is 47.7 Å². The van der Waals surface area contributed by atoms with Gasteiger partial charge in [-0.25, -0.2) is 0 Å². The summed E-state index contributed by atoms with van der Waals surface area (Å²) < 4.78 is 5.56. The summed E-state index contributed by atoms with van der Waals surface area (Å²) in [5.41, 5.74) is 5.25. The average Bonchev–Trinajstić information content (AvgIpc) is 2.86. The lowest BCUT2D eigenvalue weighted by molar-refractivity contribution is -0.128. The molecule has 0 radical (unpaired) electrons. The van der Waals surface area contributed by atoms with E-state index in [1.807, 2.05) is 23.2 Å². The first-order chi connectivity index (χ1) is 12.7. The molecule has 3 heterocycles. The molecule has 0 saturated carbocycles. The number of aliphatic imine (C=N–C) groups is 1. The number of piperidine rings is 1. The summed E-state index contributed by atoms with van der Waals surface area (Å²) in [6, 6.07) is 4.03. The molecule has 134 valence electrons. The topological polar surface area (TPSA) is 54.8 Å². The van der Waals surface area contributed by atoms with Gasteiger partial charge in [0.2, 0.25) is 5.91 Å². The number of pyridine rings is 1. The van der Waals surface area contributed by atoms with Gasteiger partial charge in [0.05, 0.1) is 12.8 Å². The smallest absolute Gasteiger partial charge is 0.248 e. The van der Waals surface area contributed by atoms with Crippen molar-refractivity contribution in [2.24, 2.45) is 10.9 Å². The van der Waals surface area contributed by atoms with Gasteiger partial charge in [0.15, 0.2) is 0 Å². The van der Waals surface area contributed by atoms with Crippen molar-refractivity contribution in [2.75, 3.05) is 20.2 Å². The number of aromatic nitrogens is 1. The summed E-state index contributed by atoms with van der Waals surface area (Å²) >= 11 is 0. The van der Waals surface area contributed by atoms with Crippen molar-refractivity contribution in [3.63, 3.8) is 0 Å². The van der Waals surface area contributed by atoms with Crippen LogP contribution in [0.5, 0.6) is 0 Å². The van der Waals surface area contributed by atoms with E-state index < -0.39 is 0 Å². The molecule has 2 aliphatic heterocycles. The third-order valence-corrected chi connectivity index (χ3v) is 5.32. The Morgan fingerprint density at radius 3 is 3.08 bits per heavy atom. The molecule has 26 heavy (non-hydrogen) atoms. The van der Waals surface area contributed by atoms with Gasteiger partial charge in [-0.2, -0.15) is 0 Å². The summed E-state index contributed by atoms with van der Waals surface area (Å²) in [5.74, 6) is 1.20. The molecule has 3 aliphatic rings. The SMILES string of the molecule is CCc1cc(C2=NCC(=O)N3CCC4=C(OC)C=CCC4C3=C2)ccn1. The van der Waals surface area contributed by atoms with Crippen LogP contribution in [0.3, 0.4) is 0 Å². The number of methoxy groups -OCH3 is 1. The summed E-state index contributed by atoms with van der Waals surface area (Å²) in [6.07, 6.45) is 10.7. The van der Waals surface area contributed by atoms with Gasteiger partial charge in [-0.3, -0.25) is 14.8 Å². The fourth-order valence-electron chi connectivity index (χ4n) is 3.95. The fraction of sp³-hybridized carbons (Fsp3) is 0.381. The Morgan fingerprint density at radius 2 is 2.27 bits per heavy atom. The zero-order chi connectivity index (χ0) is 18.1. The van der Waals surface area contributed by atoms with Crippen LogP contribution in [0.25, 0.3) is 0 Å². The van der Waals surface area contributed by atoms with E-state index in [1.54, 1.807) is 7.11 Å². The number of hydrogen-bond donors (Lipinski definition) is 0. The lowest BCUT2D eigenvalue weighted by atomic mass is 9.81. The maximum atomic E-state index is 12.7. The van der Waals surface area contributed by atoms with Crippen molar-refractivity contribution in [2.45, 2.75) is 26.2 Å². The molecule has 1 fully saturated rings. The molecule has 1 aromatic rings. The number of amides is 1. The van der Waals surface area contributed by atoms with Crippen molar-refractivity contribution in [3.8, 4) is 0 Å². The van der Waals surface area contributed by atoms with E-state index in [0.29, 0.717) is 6.54 Å². The Bertz CT molecular complexity index is 864. The first-order valence-electron chi connectivity index (χ1n) is 9.16. The Balaban J connectivity index is 1.78. The molecule has 5 nitrogen and oxygen atoms in total.